The minimum Gasteiger partial charge on any atom is -0.497 e. The molecule has 1 aromatic rings. The van der Waals surface area contributed by atoms with Gasteiger partial charge in [0.1, 0.15) is 5.75 Å². The van der Waals surface area contributed by atoms with Gasteiger partial charge >= 0.3 is 0 Å². The van der Waals surface area contributed by atoms with E-state index >= 15 is 0 Å². The number of aryl methyl sites for hydroxylation is 1. The summed E-state index contributed by atoms with van der Waals surface area (Å²) >= 11 is 0. The Morgan fingerprint density at radius 1 is 1.47 bits per heavy atom. The van der Waals surface area contributed by atoms with E-state index in [2.05, 4.69) is 25.2 Å². The highest BCUT2D eigenvalue weighted by molar-refractivity contribution is 5.82. The third-order valence-electron chi connectivity index (χ3n) is 3.91. The number of carbonyl (C=O) groups excluding carboxylic acids is 1. The third-order valence-corrected chi connectivity index (χ3v) is 3.91. The molecular weight excluding hydrogens is 238 g/mol. The summed E-state index contributed by atoms with van der Waals surface area (Å²) in [4.78, 5) is 11.8. The Morgan fingerprint density at radius 3 is 2.84 bits per heavy atom. The Balaban J connectivity index is 1.68. The monoisotopic (exact) mass is 261 g/mol. The number of hydrogen-bond donors (Lipinski definition) is 1. The molecule has 1 aliphatic carbocycles. The first kappa shape index (κ1) is 13.9. The van der Waals surface area contributed by atoms with Crippen molar-refractivity contribution >= 4 is 5.91 Å². The zero-order valence-corrected chi connectivity index (χ0v) is 12.0. The number of amides is 1. The Labute approximate surface area is 115 Å². The quantitative estimate of drug-likeness (QED) is 0.800. The van der Waals surface area contributed by atoms with E-state index in [9.17, 15) is 4.79 Å². The lowest BCUT2D eigenvalue weighted by Crippen LogP contribution is -2.27. The molecule has 1 fully saturated rings. The molecule has 1 saturated carbocycles. The predicted octanol–water partition coefficient (Wildman–Crippen LogP) is 2.79. The molecule has 1 atom stereocenters. The highest BCUT2D eigenvalue weighted by atomic mass is 16.5. The van der Waals surface area contributed by atoms with Crippen LogP contribution in [0.15, 0.2) is 24.3 Å². The fourth-order valence-corrected chi connectivity index (χ4v) is 2.37. The molecule has 0 spiro atoms. The van der Waals surface area contributed by atoms with E-state index in [0.717, 1.165) is 31.6 Å². The topological polar surface area (TPSA) is 38.3 Å². The van der Waals surface area contributed by atoms with Gasteiger partial charge < -0.3 is 10.1 Å². The molecule has 0 bridgehead atoms. The molecule has 0 heterocycles. The molecule has 2 rings (SSSR count). The predicted molar refractivity (Wildman–Crippen MR) is 76.2 cm³/mol. The summed E-state index contributed by atoms with van der Waals surface area (Å²) < 4.78 is 5.19. The van der Waals surface area contributed by atoms with E-state index in [-0.39, 0.29) is 17.2 Å². The first-order chi connectivity index (χ1) is 9.03. The van der Waals surface area contributed by atoms with E-state index in [1.165, 1.54) is 5.56 Å². The van der Waals surface area contributed by atoms with Crippen molar-refractivity contribution < 1.29 is 9.53 Å². The minimum absolute atomic E-state index is 0.218. The van der Waals surface area contributed by atoms with Crippen LogP contribution in [0.2, 0.25) is 0 Å². The van der Waals surface area contributed by atoms with Crippen molar-refractivity contribution in [3.05, 3.63) is 29.8 Å². The largest absolute Gasteiger partial charge is 0.497 e. The molecule has 1 amide bonds. The highest BCUT2D eigenvalue weighted by Crippen LogP contribution is 2.51. The van der Waals surface area contributed by atoms with Crippen molar-refractivity contribution in [1.29, 1.82) is 0 Å². The number of benzene rings is 1. The maximum Gasteiger partial charge on any atom is 0.223 e. The number of nitrogens with one attached hydrogen (secondary N) is 1. The number of methoxy groups -OCH3 is 1. The molecule has 19 heavy (non-hydrogen) atoms. The van der Waals surface area contributed by atoms with Gasteiger partial charge in [-0.25, -0.2) is 0 Å². The van der Waals surface area contributed by atoms with Gasteiger partial charge in [-0.05, 0) is 42.4 Å². The average Bonchev–Trinajstić information content (AvgIpc) is 3.04. The van der Waals surface area contributed by atoms with Gasteiger partial charge in [0.15, 0.2) is 0 Å². The summed E-state index contributed by atoms with van der Waals surface area (Å²) in [5.74, 6) is 1.33. The molecule has 1 aliphatic rings. The van der Waals surface area contributed by atoms with E-state index in [1.807, 2.05) is 18.2 Å². The average molecular weight is 261 g/mol. The Morgan fingerprint density at radius 2 is 2.21 bits per heavy atom. The first-order valence-corrected chi connectivity index (χ1v) is 6.93. The second kappa shape index (κ2) is 5.64. The van der Waals surface area contributed by atoms with Crippen LogP contribution in [0, 0.1) is 11.3 Å². The number of ether oxygens (including phenoxy) is 1. The Kier molecular flexibility index (Phi) is 4.13. The van der Waals surface area contributed by atoms with Crippen LogP contribution in [0.1, 0.15) is 32.3 Å². The van der Waals surface area contributed by atoms with Crippen LogP contribution in [0.5, 0.6) is 5.75 Å². The molecule has 0 unspecified atom stereocenters. The molecule has 1 aromatic carbocycles. The van der Waals surface area contributed by atoms with Gasteiger partial charge in [0.25, 0.3) is 0 Å². The lowest BCUT2D eigenvalue weighted by molar-refractivity contribution is -0.122. The van der Waals surface area contributed by atoms with Crippen LogP contribution >= 0.6 is 0 Å². The van der Waals surface area contributed by atoms with Gasteiger partial charge in [-0.15, -0.1) is 0 Å². The van der Waals surface area contributed by atoms with Crippen LogP contribution in [0.3, 0.4) is 0 Å². The molecule has 3 heteroatoms. The Bertz CT molecular complexity index is 454. The second-order valence-electron chi connectivity index (χ2n) is 5.99. The summed E-state index contributed by atoms with van der Waals surface area (Å²) in [6.45, 7) is 5.05. The molecule has 0 saturated heterocycles. The SMILES string of the molecule is COc1cccc(CCCNC(=O)[C@H]2CC2(C)C)c1. The fourth-order valence-electron chi connectivity index (χ4n) is 2.37. The van der Waals surface area contributed by atoms with Crippen LogP contribution < -0.4 is 10.1 Å². The first-order valence-electron chi connectivity index (χ1n) is 6.93. The van der Waals surface area contributed by atoms with Crippen LogP contribution in [0.25, 0.3) is 0 Å². The van der Waals surface area contributed by atoms with Crippen LogP contribution in [-0.2, 0) is 11.2 Å². The van der Waals surface area contributed by atoms with Gasteiger partial charge in [0, 0.05) is 12.5 Å². The summed E-state index contributed by atoms with van der Waals surface area (Å²) in [7, 11) is 1.68. The Hall–Kier alpha value is -1.51. The lowest BCUT2D eigenvalue weighted by atomic mass is 10.1. The van der Waals surface area contributed by atoms with Crippen LogP contribution in [-0.4, -0.2) is 19.6 Å². The minimum atomic E-state index is 0.218. The summed E-state index contributed by atoms with van der Waals surface area (Å²) in [6.07, 6.45) is 2.95. The van der Waals surface area contributed by atoms with E-state index in [4.69, 9.17) is 4.74 Å². The molecule has 0 radical (unpaired) electrons. The van der Waals surface area contributed by atoms with Crippen molar-refractivity contribution in [2.75, 3.05) is 13.7 Å². The summed E-state index contributed by atoms with van der Waals surface area (Å²) in [5, 5.41) is 3.03. The molecule has 0 aromatic heterocycles. The number of rotatable bonds is 6. The molecule has 1 N–H and O–H groups in total. The third kappa shape index (κ3) is 3.72. The van der Waals surface area contributed by atoms with Crippen molar-refractivity contribution in [1.82, 2.24) is 5.32 Å². The normalized spacial score (nSPS) is 19.8. The molecule has 104 valence electrons. The molecular formula is C16H23NO2. The van der Waals surface area contributed by atoms with E-state index < -0.39 is 0 Å². The molecule has 3 nitrogen and oxygen atoms in total. The zero-order valence-electron chi connectivity index (χ0n) is 12.0. The second-order valence-corrected chi connectivity index (χ2v) is 5.99. The van der Waals surface area contributed by atoms with Crippen molar-refractivity contribution in [3.63, 3.8) is 0 Å². The van der Waals surface area contributed by atoms with Crippen molar-refractivity contribution in [3.8, 4) is 5.75 Å². The fraction of sp³-hybridized carbons (Fsp3) is 0.562. The van der Waals surface area contributed by atoms with E-state index in [1.54, 1.807) is 7.11 Å². The van der Waals surface area contributed by atoms with Gasteiger partial charge in [-0.1, -0.05) is 26.0 Å². The van der Waals surface area contributed by atoms with Gasteiger partial charge in [0.05, 0.1) is 7.11 Å². The van der Waals surface area contributed by atoms with E-state index in [0.29, 0.717) is 0 Å². The lowest BCUT2D eigenvalue weighted by Gasteiger charge is -2.07. The summed E-state index contributed by atoms with van der Waals surface area (Å²) in [5.41, 5.74) is 1.47. The van der Waals surface area contributed by atoms with Crippen molar-refractivity contribution in [2.24, 2.45) is 11.3 Å². The summed E-state index contributed by atoms with van der Waals surface area (Å²) in [6, 6.07) is 8.08. The highest BCUT2D eigenvalue weighted by Gasteiger charge is 2.50. The standard InChI is InChI=1S/C16H23NO2/c1-16(2)11-14(16)15(18)17-9-5-7-12-6-4-8-13(10-12)19-3/h4,6,8,10,14H,5,7,9,11H2,1-3H3,(H,17,18)/t14-/m1/s1. The maximum absolute atomic E-state index is 11.8. The maximum atomic E-state index is 11.8. The smallest absolute Gasteiger partial charge is 0.223 e. The number of hydrogen-bond acceptors (Lipinski definition) is 2. The van der Waals surface area contributed by atoms with Gasteiger partial charge in [-0.2, -0.15) is 0 Å². The van der Waals surface area contributed by atoms with Gasteiger partial charge in [0.2, 0.25) is 5.91 Å². The van der Waals surface area contributed by atoms with Crippen molar-refractivity contribution in [2.45, 2.75) is 33.1 Å². The van der Waals surface area contributed by atoms with Gasteiger partial charge in [-0.3, -0.25) is 4.79 Å². The van der Waals surface area contributed by atoms with Crippen LogP contribution in [0.4, 0.5) is 0 Å². The number of carbonyl (C=O) groups is 1. The zero-order chi connectivity index (χ0) is 13.9. The molecule has 0 aliphatic heterocycles.